The number of aryl methyl sites for hydroxylation is 2. The number of likely N-dealkylation sites (tertiary alicyclic amines) is 1. The van der Waals surface area contributed by atoms with E-state index in [4.69, 9.17) is 5.11 Å². The summed E-state index contributed by atoms with van der Waals surface area (Å²) in [5.41, 5.74) is 0.540. The van der Waals surface area contributed by atoms with Crippen LogP contribution in [-0.2, 0) is 4.79 Å². The molecule has 2 N–H and O–H groups in total. The van der Waals surface area contributed by atoms with Crippen LogP contribution in [0, 0.1) is 13.8 Å². The Labute approximate surface area is 109 Å². The Hall–Kier alpha value is -1.40. The molecule has 2 atom stereocenters. The van der Waals surface area contributed by atoms with Crippen LogP contribution in [-0.4, -0.2) is 45.7 Å². The minimum absolute atomic E-state index is 0.0874. The lowest BCUT2D eigenvalue weighted by atomic mass is 10.2. The van der Waals surface area contributed by atoms with Gasteiger partial charge in [-0.3, -0.25) is 4.79 Å². The molecule has 0 unspecified atom stereocenters. The maximum Gasteiger partial charge on any atom is 0.326 e. The number of rotatable bonds is 2. The largest absolute Gasteiger partial charge is 0.480 e. The van der Waals surface area contributed by atoms with Gasteiger partial charge in [0.2, 0.25) is 0 Å². The van der Waals surface area contributed by atoms with Crippen LogP contribution in [0.25, 0.3) is 0 Å². The fourth-order valence-electron chi connectivity index (χ4n) is 2.27. The first-order chi connectivity index (χ1) is 8.40. The molecule has 18 heavy (non-hydrogen) atoms. The molecule has 1 aliphatic rings. The molecule has 0 bridgehead atoms. The molecule has 0 saturated carbocycles. The van der Waals surface area contributed by atoms with Crippen LogP contribution in [0.3, 0.4) is 0 Å². The number of carbonyl (C=O) groups excluding carboxylic acids is 1. The van der Waals surface area contributed by atoms with E-state index in [9.17, 15) is 14.7 Å². The van der Waals surface area contributed by atoms with E-state index in [1.807, 2.05) is 13.8 Å². The second-order valence-electron chi connectivity index (χ2n) is 4.53. The lowest BCUT2D eigenvalue weighted by Crippen LogP contribution is -2.40. The zero-order valence-corrected chi connectivity index (χ0v) is 11.0. The number of carbonyl (C=O) groups is 2. The molecule has 1 saturated heterocycles. The maximum atomic E-state index is 12.3. The molecule has 0 aliphatic carbocycles. The molecule has 5 nitrogen and oxygen atoms in total. The van der Waals surface area contributed by atoms with Gasteiger partial charge >= 0.3 is 5.97 Å². The Balaban J connectivity index is 2.28. The van der Waals surface area contributed by atoms with Gasteiger partial charge in [0, 0.05) is 22.7 Å². The van der Waals surface area contributed by atoms with Gasteiger partial charge in [-0.15, -0.1) is 11.3 Å². The standard InChI is InChI=1S/C12H15NO4S/c1-6-3-9(7(2)18-6)11(15)13-5-8(14)4-10(13)12(16)17/h3,8,10,14H,4-5H2,1-2H3,(H,16,17)/t8-,10+/m1/s1. The first kappa shape index (κ1) is 13.0. The number of carboxylic acid groups (broad SMARTS) is 1. The number of nitrogens with zero attached hydrogens (tertiary/aromatic N) is 1. The first-order valence-electron chi connectivity index (χ1n) is 5.69. The van der Waals surface area contributed by atoms with Crippen LogP contribution in [0.2, 0.25) is 0 Å². The van der Waals surface area contributed by atoms with Crippen molar-refractivity contribution in [1.29, 1.82) is 0 Å². The third-order valence-electron chi connectivity index (χ3n) is 3.10. The summed E-state index contributed by atoms with van der Waals surface area (Å²) in [7, 11) is 0. The molecule has 98 valence electrons. The Morgan fingerprint density at radius 3 is 2.61 bits per heavy atom. The molecule has 1 fully saturated rings. The van der Waals surface area contributed by atoms with E-state index in [1.165, 1.54) is 16.2 Å². The molecule has 1 aliphatic heterocycles. The summed E-state index contributed by atoms with van der Waals surface area (Å²) in [5.74, 6) is -1.37. The fourth-order valence-corrected chi connectivity index (χ4v) is 3.19. The van der Waals surface area contributed by atoms with Crippen molar-refractivity contribution in [3.8, 4) is 0 Å². The van der Waals surface area contributed by atoms with Crippen molar-refractivity contribution in [2.24, 2.45) is 0 Å². The SMILES string of the molecule is Cc1cc(C(=O)N2C[C@H](O)C[C@H]2C(=O)O)c(C)s1. The van der Waals surface area contributed by atoms with Crippen molar-refractivity contribution in [2.45, 2.75) is 32.4 Å². The minimum atomic E-state index is -1.07. The van der Waals surface area contributed by atoms with Gasteiger partial charge in [0.05, 0.1) is 11.7 Å². The van der Waals surface area contributed by atoms with Crippen LogP contribution in [0.1, 0.15) is 26.5 Å². The summed E-state index contributed by atoms with van der Waals surface area (Å²) in [4.78, 5) is 26.5. The van der Waals surface area contributed by atoms with Gasteiger partial charge in [0.25, 0.3) is 5.91 Å². The lowest BCUT2D eigenvalue weighted by molar-refractivity contribution is -0.141. The Kier molecular flexibility index (Phi) is 3.41. The third kappa shape index (κ3) is 2.26. The Morgan fingerprint density at radius 1 is 1.44 bits per heavy atom. The van der Waals surface area contributed by atoms with Gasteiger partial charge < -0.3 is 15.1 Å². The second-order valence-corrected chi connectivity index (χ2v) is 5.99. The van der Waals surface area contributed by atoms with Crippen LogP contribution in [0.4, 0.5) is 0 Å². The van der Waals surface area contributed by atoms with Gasteiger partial charge in [0.15, 0.2) is 0 Å². The van der Waals surface area contributed by atoms with Crippen LogP contribution in [0.5, 0.6) is 0 Å². The molecule has 0 spiro atoms. The molecular formula is C12H15NO4S. The highest BCUT2D eigenvalue weighted by Crippen LogP contribution is 2.26. The summed E-state index contributed by atoms with van der Waals surface area (Å²) in [5, 5.41) is 18.6. The van der Waals surface area contributed by atoms with Gasteiger partial charge in [-0.1, -0.05) is 0 Å². The highest BCUT2D eigenvalue weighted by Gasteiger charge is 2.39. The number of β-amino-alcohol motifs (C(OH)–C–C–N with tert-alkyl or cyclic N) is 1. The van der Waals surface area contributed by atoms with Crippen molar-refractivity contribution < 1.29 is 19.8 Å². The second kappa shape index (κ2) is 4.70. The smallest absolute Gasteiger partial charge is 0.326 e. The highest BCUT2D eigenvalue weighted by molar-refractivity contribution is 7.12. The molecule has 1 amide bonds. The molecular weight excluding hydrogens is 254 g/mol. The monoisotopic (exact) mass is 269 g/mol. The lowest BCUT2D eigenvalue weighted by Gasteiger charge is -2.20. The summed E-state index contributed by atoms with van der Waals surface area (Å²) < 4.78 is 0. The summed E-state index contributed by atoms with van der Waals surface area (Å²) >= 11 is 1.51. The summed E-state index contributed by atoms with van der Waals surface area (Å²) in [6.07, 6.45) is -0.654. The number of aliphatic hydroxyl groups excluding tert-OH is 1. The number of hydrogen-bond acceptors (Lipinski definition) is 4. The van der Waals surface area contributed by atoms with E-state index in [0.29, 0.717) is 5.56 Å². The van der Waals surface area contributed by atoms with Crippen molar-refractivity contribution in [2.75, 3.05) is 6.54 Å². The molecule has 2 heterocycles. The number of aliphatic hydroxyl groups is 1. The summed E-state index contributed by atoms with van der Waals surface area (Å²) in [6.45, 7) is 3.83. The van der Waals surface area contributed by atoms with E-state index in [2.05, 4.69) is 0 Å². The quantitative estimate of drug-likeness (QED) is 0.840. The van der Waals surface area contributed by atoms with E-state index in [0.717, 1.165) is 9.75 Å². The zero-order chi connectivity index (χ0) is 13.4. The van der Waals surface area contributed by atoms with Crippen LogP contribution < -0.4 is 0 Å². The van der Waals surface area contributed by atoms with Gasteiger partial charge in [-0.2, -0.15) is 0 Å². The third-order valence-corrected chi connectivity index (χ3v) is 4.06. The van der Waals surface area contributed by atoms with Crippen LogP contribution in [0.15, 0.2) is 6.07 Å². The fraction of sp³-hybridized carbons (Fsp3) is 0.500. The highest BCUT2D eigenvalue weighted by atomic mass is 32.1. The Morgan fingerprint density at radius 2 is 2.11 bits per heavy atom. The molecule has 0 radical (unpaired) electrons. The average molecular weight is 269 g/mol. The predicted octanol–water partition coefficient (Wildman–Crippen LogP) is 1.02. The van der Waals surface area contributed by atoms with Crippen molar-refractivity contribution >= 4 is 23.2 Å². The van der Waals surface area contributed by atoms with Gasteiger partial charge in [-0.25, -0.2) is 4.79 Å². The van der Waals surface area contributed by atoms with Gasteiger partial charge in [0.1, 0.15) is 6.04 Å². The van der Waals surface area contributed by atoms with Crippen molar-refractivity contribution in [1.82, 2.24) is 4.90 Å². The normalized spacial score (nSPS) is 23.4. The molecule has 0 aromatic carbocycles. The topological polar surface area (TPSA) is 77.8 Å². The number of aliphatic carboxylic acids is 1. The molecule has 1 aromatic heterocycles. The number of carboxylic acids is 1. The van der Waals surface area contributed by atoms with E-state index in [-0.39, 0.29) is 18.9 Å². The van der Waals surface area contributed by atoms with Crippen molar-refractivity contribution in [3.63, 3.8) is 0 Å². The minimum Gasteiger partial charge on any atom is -0.480 e. The van der Waals surface area contributed by atoms with Crippen LogP contribution >= 0.6 is 11.3 Å². The average Bonchev–Trinajstić information content (AvgIpc) is 2.81. The van der Waals surface area contributed by atoms with Gasteiger partial charge in [-0.05, 0) is 19.9 Å². The Bertz CT molecular complexity index is 496. The first-order valence-corrected chi connectivity index (χ1v) is 6.50. The number of hydrogen-bond donors (Lipinski definition) is 2. The predicted molar refractivity (Wildman–Crippen MR) is 66.9 cm³/mol. The molecule has 2 rings (SSSR count). The molecule has 6 heteroatoms. The number of thiophene rings is 1. The number of amides is 1. The molecule has 1 aromatic rings. The zero-order valence-electron chi connectivity index (χ0n) is 10.2. The van der Waals surface area contributed by atoms with E-state index in [1.54, 1.807) is 6.07 Å². The van der Waals surface area contributed by atoms with E-state index >= 15 is 0 Å². The van der Waals surface area contributed by atoms with E-state index < -0.39 is 18.1 Å². The van der Waals surface area contributed by atoms with Crippen molar-refractivity contribution in [3.05, 3.63) is 21.4 Å². The maximum absolute atomic E-state index is 12.3. The summed E-state index contributed by atoms with van der Waals surface area (Å²) in [6, 6.07) is 0.846.